The van der Waals surface area contributed by atoms with Gasteiger partial charge in [-0.1, -0.05) is 19.1 Å². The number of halogens is 3. The van der Waals surface area contributed by atoms with Gasteiger partial charge in [0.25, 0.3) is 0 Å². The fraction of sp³-hybridized carbons (Fsp3) is 0.600. The first kappa shape index (κ1) is 27.6. The number of carbonyl (C=O) groups excluding carboxylic acids is 2. The number of carbonyl (C=O) groups is 2. The van der Waals surface area contributed by atoms with Gasteiger partial charge in [0, 0.05) is 48.6 Å². The second-order valence-corrected chi connectivity index (χ2v) is 12.5. The smallest absolute Gasteiger partial charge is 0.192 e. The maximum atomic E-state index is 17.5. The minimum absolute atomic E-state index is 0.0680. The number of aliphatic hydroxyl groups excluding tert-OH is 2. The Morgan fingerprint density at radius 1 is 1.25 bits per heavy atom. The molecule has 1 aliphatic heterocycles. The molecule has 1 aromatic carbocycles. The average Bonchev–Trinajstić information content (AvgIpc) is 3.39. The van der Waals surface area contributed by atoms with E-state index in [-0.39, 0.29) is 49.5 Å². The van der Waals surface area contributed by atoms with Crippen LogP contribution in [0, 0.1) is 34.4 Å². The van der Waals surface area contributed by atoms with Crippen molar-refractivity contribution in [3.8, 4) is 5.75 Å². The number of hydrogen-bond donors (Lipinski definition) is 2. The van der Waals surface area contributed by atoms with Gasteiger partial charge in [-0.2, -0.15) is 5.06 Å². The van der Waals surface area contributed by atoms with Gasteiger partial charge < -0.3 is 14.9 Å². The topological polar surface area (TPSA) is 96.3 Å². The van der Waals surface area contributed by atoms with Gasteiger partial charge in [-0.05, 0) is 55.0 Å². The Bertz CT molecular complexity index is 1350. The molecule has 2 N–H and O–H groups in total. The Balaban J connectivity index is 1.38. The summed E-state index contributed by atoms with van der Waals surface area (Å²) in [6.07, 6.45) is 0.763. The first-order valence-corrected chi connectivity index (χ1v) is 13.7. The highest BCUT2D eigenvalue weighted by molar-refractivity contribution is 5.94. The normalized spacial score (nSPS) is 42.4. The SMILES string of the molecule is COc1cc(CN2C[C@@H]3C[C@H]4[C@@H]5CC(F)=C6CC(=O)C=C[C@]6(C)[C@@]5(F)[C@@H](O)C[C@]4(C)[C@]3(C(=O)CO)O2)ccc1F. The Morgan fingerprint density at radius 3 is 2.70 bits per heavy atom. The van der Waals surface area contributed by atoms with E-state index in [1.54, 1.807) is 25.0 Å². The van der Waals surface area contributed by atoms with Gasteiger partial charge in [0.05, 0.1) is 13.2 Å². The Hall–Kier alpha value is -2.53. The number of ketones is 2. The summed E-state index contributed by atoms with van der Waals surface area (Å²) in [6, 6.07) is 4.40. The van der Waals surface area contributed by atoms with Crippen LogP contribution in [0.3, 0.4) is 0 Å². The van der Waals surface area contributed by atoms with Crippen LogP contribution in [0.25, 0.3) is 0 Å². The number of allylic oxidation sites excluding steroid dienone is 4. The average molecular weight is 562 g/mol. The highest BCUT2D eigenvalue weighted by Gasteiger charge is 2.79. The lowest BCUT2D eigenvalue weighted by Gasteiger charge is -2.62. The Labute approximate surface area is 230 Å². The molecule has 0 aromatic heterocycles. The van der Waals surface area contributed by atoms with E-state index in [1.807, 2.05) is 0 Å². The minimum atomic E-state index is -2.26. The van der Waals surface area contributed by atoms with Gasteiger partial charge in [0.1, 0.15) is 12.4 Å². The number of hydrogen-bond acceptors (Lipinski definition) is 7. The number of fused-ring (bicyclic) bond motifs is 7. The summed E-state index contributed by atoms with van der Waals surface area (Å²) in [5.41, 5.74) is -5.68. The van der Waals surface area contributed by atoms with Gasteiger partial charge in [-0.25, -0.2) is 13.2 Å². The van der Waals surface area contributed by atoms with Crippen LogP contribution in [0.15, 0.2) is 41.8 Å². The van der Waals surface area contributed by atoms with Crippen LogP contribution in [0.4, 0.5) is 13.2 Å². The van der Waals surface area contributed by atoms with E-state index in [1.165, 1.54) is 31.4 Å². The predicted octanol–water partition coefficient (Wildman–Crippen LogP) is 3.78. The second-order valence-electron chi connectivity index (χ2n) is 12.5. The quantitative estimate of drug-likeness (QED) is 0.565. The molecule has 7 nitrogen and oxygen atoms in total. The van der Waals surface area contributed by atoms with E-state index in [0.29, 0.717) is 12.0 Å². The predicted molar refractivity (Wildman–Crippen MR) is 137 cm³/mol. The third-order valence-corrected chi connectivity index (χ3v) is 10.8. The number of benzene rings is 1. The molecule has 0 amide bonds. The molecule has 6 rings (SSSR count). The van der Waals surface area contributed by atoms with Crippen molar-refractivity contribution in [3.63, 3.8) is 0 Å². The van der Waals surface area contributed by atoms with Crippen molar-refractivity contribution in [3.05, 3.63) is 53.1 Å². The summed E-state index contributed by atoms with van der Waals surface area (Å²) in [7, 11) is 1.36. The van der Waals surface area contributed by atoms with E-state index >= 15 is 8.78 Å². The number of nitrogens with zero attached hydrogens (tertiary/aromatic N) is 1. The molecule has 1 saturated heterocycles. The zero-order chi connectivity index (χ0) is 28.8. The fourth-order valence-corrected chi connectivity index (χ4v) is 9.01. The lowest BCUT2D eigenvalue weighted by atomic mass is 9.45. The van der Waals surface area contributed by atoms with Crippen LogP contribution in [0.2, 0.25) is 0 Å². The molecule has 1 heterocycles. The van der Waals surface area contributed by atoms with Crippen LogP contribution in [-0.4, -0.2) is 64.5 Å². The van der Waals surface area contributed by atoms with Gasteiger partial charge >= 0.3 is 0 Å². The molecule has 8 atom stereocenters. The van der Waals surface area contributed by atoms with Gasteiger partial charge in [0.15, 0.2) is 34.4 Å². The third kappa shape index (κ3) is 3.33. The largest absolute Gasteiger partial charge is 0.494 e. The number of alkyl halides is 1. The summed E-state index contributed by atoms with van der Waals surface area (Å²) in [6.45, 7) is 2.99. The number of methoxy groups -OCH3 is 1. The molecule has 0 spiro atoms. The number of ether oxygens (including phenoxy) is 1. The van der Waals surface area contributed by atoms with Crippen LogP contribution in [0.1, 0.15) is 45.1 Å². The zero-order valence-electron chi connectivity index (χ0n) is 22.8. The highest BCUT2D eigenvalue weighted by Crippen LogP contribution is 2.72. The molecule has 4 aliphatic carbocycles. The van der Waals surface area contributed by atoms with Gasteiger partial charge in [-0.3, -0.25) is 14.4 Å². The number of Topliss-reactive ketones (excluding diaryl/α,β-unsaturated/α-hetero) is 1. The van der Waals surface area contributed by atoms with E-state index in [9.17, 15) is 24.2 Å². The summed E-state index contributed by atoms with van der Waals surface area (Å²) in [4.78, 5) is 32.1. The Kier molecular flexibility index (Phi) is 6.20. The van der Waals surface area contributed by atoms with Crippen molar-refractivity contribution in [1.82, 2.24) is 5.06 Å². The molecular weight excluding hydrogens is 527 g/mol. The van der Waals surface area contributed by atoms with Crippen molar-refractivity contribution < 1.29 is 42.5 Å². The zero-order valence-corrected chi connectivity index (χ0v) is 22.8. The van der Waals surface area contributed by atoms with Crippen LogP contribution in [-0.2, 0) is 21.0 Å². The van der Waals surface area contributed by atoms with Crippen molar-refractivity contribution >= 4 is 11.6 Å². The van der Waals surface area contributed by atoms with E-state index in [0.717, 1.165) is 0 Å². The number of rotatable bonds is 5. The molecule has 3 fully saturated rings. The minimum Gasteiger partial charge on any atom is -0.494 e. The van der Waals surface area contributed by atoms with E-state index in [2.05, 4.69) is 0 Å². The van der Waals surface area contributed by atoms with E-state index < -0.39 is 70.0 Å². The van der Waals surface area contributed by atoms with E-state index in [4.69, 9.17) is 9.57 Å². The highest BCUT2D eigenvalue weighted by atomic mass is 19.1. The number of aliphatic hydroxyl groups is 2. The summed E-state index contributed by atoms with van der Waals surface area (Å²) < 4.78 is 52.1. The van der Waals surface area contributed by atoms with Crippen molar-refractivity contribution in [2.45, 2.75) is 63.4 Å². The maximum absolute atomic E-state index is 17.5. The van der Waals surface area contributed by atoms with Crippen LogP contribution < -0.4 is 4.74 Å². The molecule has 0 bridgehead atoms. The van der Waals surface area contributed by atoms with Crippen molar-refractivity contribution in [2.24, 2.45) is 28.6 Å². The fourth-order valence-electron chi connectivity index (χ4n) is 9.01. The molecular formula is C30H34F3NO6. The molecule has 0 unspecified atom stereocenters. The third-order valence-electron chi connectivity index (χ3n) is 10.8. The van der Waals surface area contributed by atoms with Gasteiger partial charge in [-0.15, -0.1) is 0 Å². The van der Waals surface area contributed by atoms with Crippen molar-refractivity contribution in [2.75, 3.05) is 20.3 Å². The molecule has 5 aliphatic rings. The number of hydroxylamine groups is 2. The molecule has 216 valence electrons. The lowest BCUT2D eigenvalue weighted by molar-refractivity contribution is -0.267. The lowest BCUT2D eigenvalue weighted by Crippen LogP contribution is -2.69. The summed E-state index contributed by atoms with van der Waals surface area (Å²) >= 11 is 0. The summed E-state index contributed by atoms with van der Waals surface area (Å²) in [5, 5.41) is 23.2. The van der Waals surface area contributed by atoms with Crippen molar-refractivity contribution in [1.29, 1.82) is 0 Å². The van der Waals surface area contributed by atoms with Gasteiger partial charge in [0.2, 0.25) is 0 Å². The van der Waals surface area contributed by atoms with Crippen LogP contribution in [0.5, 0.6) is 5.75 Å². The molecule has 2 saturated carbocycles. The molecule has 10 heteroatoms. The standard InChI is InChI=1S/C30H34F3NO6/c1-27-7-6-18(36)10-21(27)23(32)11-20-19-9-17-14-34(13-16-4-5-22(31)24(8-16)39-3)40-30(17,26(38)15-35)28(19,2)12-25(37)29(20,27)33/h4-8,17,19-20,25,35,37H,9-15H2,1-3H3/t17-,19-,20-,25-,27-,28-,29-,30-/m0/s1. The summed E-state index contributed by atoms with van der Waals surface area (Å²) in [5.74, 6) is -3.83. The molecule has 40 heavy (non-hydrogen) atoms. The van der Waals surface area contributed by atoms with Crippen LogP contribution >= 0.6 is 0 Å². The first-order valence-electron chi connectivity index (χ1n) is 13.7. The maximum Gasteiger partial charge on any atom is 0.192 e. The second kappa shape index (κ2) is 8.98. The first-order chi connectivity index (χ1) is 18.9. The molecule has 1 aromatic rings. The Morgan fingerprint density at radius 2 is 2.00 bits per heavy atom. The molecule has 0 radical (unpaired) electrons. The monoisotopic (exact) mass is 561 g/mol.